The van der Waals surface area contributed by atoms with E-state index < -0.39 is 0 Å². The Bertz CT molecular complexity index is 562. The molecular formula is C15H18ClN3O. The molecule has 1 amide bonds. The highest BCUT2D eigenvalue weighted by Gasteiger charge is 2.18. The van der Waals surface area contributed by atoms with Crippen LogP contribution in [0.1, 0.15) is 16.9 Å². The van der Waals surface area contributed by atoms with Crippen molar-refractivity contribution in [1.82, 2.24) is 15.6 Å². The summed E-state index contributed by atoms with van der Waals surface area (Å²) in [6.07, 6.45) is 0.998. The lowest BCUT2D eigenvalue weighted by Gasteiger charge is -2.09. The zero-order chi connectivity index (χ0) is 13.1. The van der Waals surface area contributed by atoms with Crippen molar-refractivity contribution in [2.75, 3.05) is 13.1 Å². The number of carbonyl (C=O) groups is 1. The second kappa shape index (κ2) is 6.59. The van der Waals surface area contributed by atoms with Crippen molar-refractivity contribution < 1.29 is 4.79 Å². The fourth-order valence-electron chi connectivity index (χ4n) is 2.35. The first-order chi connectivity index (χ1) is 9.33. The van der Waals surface area contributed by atoms with Crippen molar-refractivity contribution in [2.24, 2.45) is 0 Å². The number of H-pyrrole nitrogens is 1. The van der Waals surface area contributed by atoms with Crippen LogP contribution in [0.2, 0.25) is 0 Å². The van der Waals surface area contributed by atoms with Gasteiger partial charge in [-0.1, -0.05) is 30.3 Å². The van der Waals surface area contributed by atoms with Crippen molar-refractivity contribution in [3.63, 3.8) is 0 Å². The van der Waals surface area contributed by atoms with E-state index in [0.29, 0.717) is 5.69 Å². The Labute approximate surface area is 124 Å². The number of hydrogen-bond acceptors (Lipinski definition) is 2. The van der Waals surface area contributed by atoms with Crippen LogP contribution in [0, 0.1) is 0 Å². The lowest BCUT2D eigenvalue weighted by atomic mass is 10.2. The molecule has 1 aliphatic heterocycles. The van der Waals surface area contributed by atoms with Gasteiger partial charge in [0.1, 0.15) is 5.69 Å². The monoisotopic (exact) mass is 291 g/mol. The summed E-state index contributed by atoms with van der Waals surface area (Å²) in [5, 5.41) is 6.26. The molecule has 1 unspecified atom stereocenters. The predicted molar refractivity (Wildman–Crippen MR) is 82.2 cm³/mol. The average Bonchev–Trinajstić information content (AvgIpc) is 3.10. The third kappa shape index (κ3) is 3.21. The number of aromatic nitrogens is 1. The normalized spacial score (nSPS) is 17.5. The highest BCUT2D eigenvalue weighted by Crippen LogP contribution is 2.17. The standard InChI is InChI=1S/C15H17N3O.ClH/c19-15(17-12-8-9-16-10-12)14-7-6-13(18-14)11-4-2-1-3-5-11;/h1-7,12,16,18H,8-10H2,(H,17,19);1H. The van der Waals surface area contributed by atoms with Crippen LogP contribution in [0.3, 0.4) is 0 Å². The van der Waals surface area contributed by atoms with Gasteiger partial charge in [0.25, 0.3) is 5.91 Å². The van der Waals surface area contributed by atoms with Crippen molar-refractivity contribution in [3.8, 4) is 11.3 Å². The van der Waals surface area contributed by atoms with E-state index in [2.05, 4.69) is 15.6 Å². The van der Waals surface area contributed by atoms with E-state index in [0.717, 1.165) is 30.8 Å². The molecule has 1 aromatic heterocycles. The smallest absolute Gasteiger partial charge is 0.267 e. The van der Waals surface area contributed by atoms with Gasteiger partial charge in [-0.2, -0.15) is 0 Å². The van der Waals surface area contributed by atoms with Gasteiger partial charge < -0.3 is 15.6 Å². The quantitative estimate of drug-likeness (QED) is 0.812. The van der Waals surface area contributed by atoms with Crippen LogP contribution >= 0.6 is 12.4 Å². The second-order valence-electron chi connectivity index (χ2n) is 4.81. The molecule has 0 bridgehead atoms. The molecule has 0 saturated carbocycles. The maximum atomic E-state index is 12.1. The molecule has 3 N–H and O–H groups in total. The first-order valence-corrected chi connectivity index (χ1v) is 6.59. The van der Waals surface area contributed by atoms with Crippen LogP contribution in [0.4, 0.5) is 0 Å². The van der Waals surface area contributed by atoms with Gasteiger partial charge in [-0.05, 0) is 30.7 Å². The van der Waals surface area contributed by atoms with Crippen molar-refractivity contribution in [1.29, 1.82) is 0 Å². The fourth-order valence-corrected chi connectivity index (χ4v) is 2.35. The summed E-state index contributed by atoms with van der Waals surface area (Å²) < 4.78 is 0. The van der Waals surface area contributed by atoms with Crippen molar-refractivity contribution in [3.05, 3.63) is 48.2 Å². The minimum atomic E-state index is -0.0316. The van der Waals surface area contributed by atoms with Crippen LogP contribution in [-0.2, 0) is 0 Å². The van der Waals surface area contributed by atoms with Gasteiger partial charge in [0.15, 0.2) is 0 Å². The maximum Gasteiger partial charge on any atom is 0.267 e. The first kappa shape index (κ1) is 14.6. The minimum absolute atomic E-state index is 0. The Morgan fingerprint density at radius 3 is 2.65 bits per heavy atom. The number of amides is 1. The summed E-state index contributed by atoms with van der Waals surface area (Å²) >= 11 is 0. The van der Waals surface area contributed by atoms with Crippen molar-refractivity contribution >= 4 is 18.3 Å². The molecule has 20 heavy (non-hydrogen) atoms. The number of aromatic amines is 1. The van der Waals surface area contributed by atoms with E-state index in [1.807, 2.05) is 42.5 Å². The van der Waals surface area contributed by atoms with Crippen LogP contribution in [0.15, 0.2) is 42.5 Å². The van der Waals surface area contributed by atoms with Gasteiger partial charge >= 0.3 is 0 Å². The number of hydrogen-bond donors (Lipinski definition) is 3. The molecule has 5 heteroatoms. The molecule has 3 rings (SSSR count). The van der Waals surface area contributed by atoms with Gasteiger partial charge in [-0.15, -0.1) is 12.4 Å². The van der Waals surface area contributed by atoms with E-state index in [4.69, 9.17) is 0 Å². The molecule has 2 aromatic rings. The maximum absolute atomic E-state index is 12.1. The van der Waals surface area contributed by atoms with Crippen LogP contribution < -0.4 is 10.6 Å². The Morgan fingerprint density at radius 1 is 1.15 bits per heavy atom. The largest absolute Gasteiger partial charge is 0.351 e. The number of carbonyl (C=O) groups excluding carboxylic acids is 1. The molecular weight excluding hydrogens is 274 g/mol. The van der Waals surface area contributed by atoms with Gasteiger partial charge in [0.05, 0.1) is 0 Å². The lowest BCUT2D eigenvalue weighted by molar-refractivity contribution is 0.0935. The van der Waals surface area contributed by atoms with E-state index in [1.54, 1.807) is 0 Å². The number of halogens is 1. The van der Waals surface area contributed by atoms with Crippen molar-refractivity contribution in [2.45, 2.75) is 12.5 Å². The summed E-state index contributed by atoms with van der Waals surface area (Å²) in [5.41, 5.74) is 2.67. The molecule has 106 valence electrons. The Hall–Kier alpha value is -1.78. The van der Waals surface area contributed by atoms with Gasteiger partial charge in [-0.25, -0.2) is 0 Å². The topological polar surface area (TPSA) is 56.9 Å². The fraction of sp³-hybridized carbons (Fsp3) is 0.267. The highest BCUT2D eigenvalue weighted by atomic mass is 35.5. The predicted octanol–water partition coefficient (Wildman–Crippen LogP) is 2.20. The average molecular weight is 292 g/mol. The van der Waals surface area contributed by atoms with Crippen LogP contribution in [0.25, 0.3) is 11.3 Å². The van der Waals surface area contributed by atoms with E-state index in [9.17, 15) is 4.79 Å². The molecule has 0 aliphatic carbocycles. The van der Waals surface area contributed by atoms with Gasteiger partial charge in [0.2, 0.25) is 0 Å². The molecule has 1 aliphatic rings. The summed E-state index contributed by atoms with van der Waals surface area (Å²) in [7, 11) is 0. The zero-order valence-corrected chi connectivity index (χ0v) is 11.9. The summed E-state index contributed by atoms with van der Waals surface area (Å²) in [6.45, 7) is 1.84. The highest BCUT2D eigenvalue weighted by molar-refractivity contribution is 5.93. The molecule has 1 aromatic carbocycles. The SMILES string of the molecule is Cl.O=C(NC1CCNC1)c1ccc(-c2ccccc2)[nH]1. The van der Waals surface area contributed by atoms with E-state index in [-0.39, 0.29) is 24.4 Å². The van der Waals surface area contributed by atoms with Gasteiger partial charge in [0, 0.05) is 18.3 Å². The van der Waals surface area contributed by atoms with Crippen LogP contribution in [-0.4, -0.2) is 30.0 Å². The number of nitrogens with one attached hydrogen (secondary N) is 3. The third-order valence-electron chi connectivity index (χ3n) is 3.41. The lowest BCUT2D eigenvalue weighted by Crippen LogP contribution is -2.36. The number of rotatable bonds is 3. The molecule has 1 saturated heterocycles. The summed E-state index contributed by atoms with van der Waals surface area (Å²) in [4.78, 5) is 15.2. The molecule has 0 radical (unpaired) electrons. The molecule has 4 nitrogen and oxygen atoms in total. The summed E-state index contributed by atoms with van der Waals surface area (Å²) in [5.74, 6) is -0.0316. The zero-order valence-electron chi connectivity index (χ0n) is 11.1. The number of benzene rings is 1. The van der Waals surface area contributed by atoms with Crippen LogP contribution in [0.5, 0.6) is 0 Å². The Morgan fingerprint density at radius 2 is 1.95 bits per heavy atom. The first-order valence-electron chi connectivity index (χ1n) is 6.59. The summed E-state index contributed by atoms with van der Waals surface area (Å²) in [6, 6.07) is 14.0. The van der Waals surface area contributed by atoms with Gasteiger partial charge in [-0.3, -0.25) is 4.79 Å². The molecule has 1 atom stereocenters. The molecule has 2 heterocycles. The second-order valence-corrected chi connectivity index (χ2v) is 4.81. The van der Waals surface area contributed by atoms with E-state index in [1.165, 1.54) is 0 Å². The Balaban J connectivity index is 0.00000147. The van der Waals surface area contributed by atoms with E-state index >= 15 is 0 Å². The molecule has 1 fully saturated rings. The minimum Gasteiger partial charge on any atom is -0.351 e. The third-order valence-corrected chi connectivity index (χ3v) is 3.41. The molecule has 0 spiro atoms. The Kier molecular flexibility index (Phi) is 4.82.